The van der Waals surface area contributed by atoms with Crippen molar-refractivity contribution in [3.63, 3.8) is 0 Å². The number of imide groups is 1. The van der Waals surface area contributed by atoms with E-state index >= 15 is 0 Å². The van der Waals surface area contributed by atoms with E-state index in [0.717, 1.165) is 11.8 Å². The molecule has 0 unspecified atom stereocenters. The zero-order valence-corrected chi connectivity index (χ0v) is 7.39. The smallest absolute Gasteiger partial charge is 0.289 e. The van der Waals surface area contributed by atoms with Gasteiger partial charge in [0.1, 0.15) is 0 Å². The lowest BCUT2D eigenvalue weighted by atomic mass is 10.3. The van der Waals surface area contributed by atoms with E-state index in [1.54, 1.807) is 0 Å². The summed E-state index contributed by atoms with van der Waals surface area (Å²) in [5, 5.41) is -0.199. The van der Waals surface area contributed by atoms with Gasteiger partial charge in [-0.2, -0.15) is 0 Å². The summed E-state index contributed by atoms with van der Waals surface area (Å²) in [6.45, 7) is 4.20. The molecule has 1 saturated heterocycles. The molecule has 0 radical (unpaired) electrons. The van der Waals surface area contributed by atoms with Crippen molar-refractivity contribution >= 4 is 22.9 Å². The van der Waals surface area contributed by atoms with Crippen molar-refractivity contribution in [1.29, 1.82) is 0 Å². The van der Waals surface area contributed by atoms with Gasteiger partial charge in [0, 0.05) is 6.54 Å². The van der Waals surface area contributed by atoms with Gasteiger partial charge in [0.25, 0.3) is 5.24 Å². The number of carbonyl (C=O) groups excluding carboxylic acids is 2. The van der Waals surface area contributed by atoms with Gasteiger partial charge in [0.15, 0.2) is 0 Å². The van der Waals surface area contributed by atoms with Gasteiger partial charge < -0.3 is 5.73 Å². The molecule has 1 aliphatic rings. The van der Waals surface area contributed by atoms with Gasteiger partial charge in [0.2, 0.25) is 5.91 Å². The Hall–Kier alpha value is -0.810. The van der Waals surface area contributed by atoms with E-state index in [-0.39, 0.29) is 23.4 Å². The van der Waals surface area contributed by atoms with Gasteiger partial charge >= 0.3 is 0 Å². The number of amides is 2. The number of carbonyl (C=O) groups is 2. The molecule has 1 heterocycles. The summed E-state index contributed by atoms with van der Waals surface area (Å²) < 4.78 is 0. The van der Waals surface area contributed by atoms with Crippen molar-refractivity contribution in [2.75, 3.05) is 18.8 Å². The molecule has 0 aromatic rings. The lowest BCUT2D eigenvalue weighted by Crippen LogP contribution is -2.31. The Kier molecular flexibility index (Phi) is 2.88. The van der Waals surface area contributed by atoms with Crippen molar-refractivity contribution in [3.8, 4) is 0 Å². The SMILES string of the molecule is C=C(CN)CN1C(=O)CSC1=O. The lowest BCUT2D eigenvalue weighted by Gasteiger charge is -2.12. The zero-order chi connectivity index (χ0) is 9.14. The van der Waals surface area contributed by atoms with Crippen molar-refractivity contribution in [3.05, 3.63) is 12.2 Å². The summed E-state index contributed by atoms with van der Waals surface area (Å²) in [6, 6.07) is 0. The molecular formula is C7H10N2O2S. The third-order valence-electron chi connectivity index (χ3n) is 1.51. The van der Waals surface area contributed by atoms with Gasteiger partial charge in [0.05, 0.1) is 12.3 Å². The Morgan fingerprint density at radius 2 is 2.33 bits per heavy atom. The summed E-state index contributed by atoms with van der Waals surface area (Å²) in [5.74, 6) is 0.0936. The number of nitrogens with two attached hydrogens (primary N) is 1. The van der Waals surface area contributed by atoms with E-state index in [0.29, 0.717) is 12.1 Å². The molecule has 1 fully saturated rings. The molecule has 12 heavy (non-hydrogen) atoms. The van der Waals surface area contributed by atoms with Crippen LogP contribution in [0.15, 0.2) is 12.2 Å². The third kappa shape index (κ3) is 1.86. The maximum atomic E-state index is 11.0. The minimum atomic E-state index is -0.199. The second-order valence-electron chi connectivity index (χ2n) is 2.49. The highest BCUT2D eigenvalue weighted by molar-refractivity contribution is 8.14. The maximum absolute atomic E-state index is 11.0. The van der Waals surface area contributed by atoms with Crippen molar-refractivity contribution < 1.29 is 9.59 Å². The molecule has 0 aliphatic carbocycles. The summed E-state index contributed by atoms with van der Waals surface area (Å²) in [5.41, 5.74) is 5.98. The van der Waals surface area contributed by atoms with E-state index in [1.807, 2.05) is 0 Å². The molecule has 66 valence electrons. The number of nitrogens with zero attached hydrogens (tertiary/aromatic N) is 1. The van der Waals surface area contributed by atoms with E-state index in [1.165, 1.54) is 4.90 Å². The molecular weight excluding hydrogens is 176 g/mol. The van der Waals surface area contributed by atoms with Crippen LogP contribution in [-0.2, 0) is 4.79 Å². The van der Waals surface area contributed by atoms with Crippen LogP contribution in [0.2, 0.25) is 0 Å². The normalized spacial score (nSPS) is 17.2. The van der Waals surface area contributed by atoms with Crippen LogP contribution in [0.3, 0.4) is 0 Å². The molecule has 0 spiro atoms. The predicted octanol–water partition coefficient (Wildman–Crippen LogP) is 0.197. The highest BCUT2D eigenvalue weighted by Crippen LogP contribution is 2.19. The number of hydrogen-bond donors (Lipinski definition) is 1. The number of rotatable bonds is 3. The van der Waals surface area contributed by atoms with Crippen molar-refractivity contribution in [2.45, 2.75) is 0 Å². The van der Waals surface area contributed by atoms with Crippen LogP contribution in [0.25, 0.3) is 0 Å². The van der Waals surface area contributed by atoms with Crippen LogP contribution >= 0.6 is 11.8 Å². The average molecular weight is 186 g/mol. The molecule has 0 aromatic heterocycles. The van der Waals surface area contributed by atoms with Crippen molar-refractivity contribution in [1.82, 2.24) is 4.90 Å². The van der Waals surface area contributed by atoms with Crippen LogP contribution in [0.5, 0.6) is 0 Å². The first-order valence-electron chi connectivity index (χ1n) is 3.49. The highest BCUT2D eigenvalue weighted by Gasteiger charge is 2.29. The molecule has 1 rings (SSSR count). The fourth-order valence-electron chi connectivity index (χ4n) is 0.822. The monoisotopic (exact) mass is 186 g/mol. The first kappa shape index (κ1) is 9.28. The van der Waals surface area contributed by atoms with Crippen LogP contribution in [0.4, 0.5) is 4.79 Å². The van der Waals surface area contributed by atoms with E-state index in [2.05, 4.69) is 6.58 Å². The summed E-state index contributed by atoms with van der Waals surface area (Å²) in [6.07, 6.45) is 0. The Morgan fingerprint density at radius 1 is 1.67 bits per heavy atom. The Morgan fingerprint density at radius 3 is 2.75 bits per heavy atom. The maximum Gasteiger partial charge on any atom is 0.289 e. The molecule has 5 heteroatoms. The van der Waals surface area contributed by atoms with Crippen LogP contribution in [0, 0.1) is 0 Å². The molecule has 2 N–H and O–H groups in total. The van der Waals surface area contributed by atoms with Gasteiger partial charge in [-0.1, -0.05) is 18.3 Å². The molecule has 1 aliphatic heterocycles. The Bertz CT molecular complexity index is 224. The second-order valence-corrected chi connectivity index (χ2v) is 3.42. The largest absolute Gasteiger partial charge is 0.327 e. The minimum absolute atomic E-state index is 0.153. The first-order chi connectivity index (χ1) is 5.65. The summed E-state index contributed by atoms with van der Waals surface area (Å²) in [7, 11) is 0. The third-order valence-corrected chi connectivity index (χ3v) is 2.37. The Labute approximate surface area is 74.8 Å². The van der Waals surface area contributed by atoms with E-state index < -0.39 is 0 Å². The van der Waals surface area contributed by atoms with Crippen LogP contribution in [-0.4, -0.2) is 34.9 Å². The summed E-state index contributed by atoms with van der Waals surface area (Å²) in [4.78, 5) is 23.2. The topological polar surface area (TPSA) is 63.4 Å². The summed E-state index contributed by atoms with van der Waals surface area (Å²) >= 11 is 1.02. The van der Waals surface area contributed by atoms with E-state index in [4.69, 9.17) is 5.73 Å². The Balaban J connectivity index is 2.56. The second kappa shape index (κ2) is 3.73. The molecule has 0 atom stereocenters. The number of hydrogen-bond acceptors (Lipinski definition) is 4. The number of thioether (sulfide) groups is 1. The highest BCUT2D eigenvalue weighted by atomic mass is 32.2. The molecule has 0 bridgehead atoms. The predicted molar refractivity (Wildman–Crippen MR) is 47.8 cm³/mol. The molecule has 4 nitrogen and oxygen atoms in total. The fourth-order valence-corrected chi connectivity index (χ4v) is 1.55. The molecule has 2 amide bonds. The standard InChI is InChI=1S/C7H10N2O2S/c1-5(2-8)3-9-6(10)4-12-7(9)11/h1-4,8H2. The van der Waals surface area contributed by atoms with Crippen molar-refractivity contribution in [2.24, 2.45) is 5.73 Å². The fraction of sp³-hybridized carbons (Fsp3) is 0.429. The first-order valence-corrected chi connectivity index (χ1v) is 4.47. The van der Waals surface area contributed by atoms with E-state index in [9.17, 15) is 9.59 Å². The molecule has 0 saturated carbocycles. The van der Waals surface area contributed by atoms with Gasteiger partial charge in [-0.25, -0.2) is 0 Å². The quantitative estimate of drug-likeness (QED) is 0.639. The van der Waals surface area contributed by atoms with Gasteiger partial charge in [-0.05, 0) is 5.57 Å². The van der Waals surface area contributed by atoms with Crippen LogP contribution in [0.1, 0.15) is 0 Å². The zero-order valence-electron chi connectivity index (χ0n) is 6.58. The van der Waals surface area contributed by atoms with Gasteiger partial charge in [-0.3, -0.25) is 14.5 Å². The molecule has 0 aromatic carbocycles. The lowest BCUT2D eigenvalue weighted by molar-refractivity contribution is -0.124. The van der Waals surface area contributed by atoms with Gasteiger partial charge in [-0.15, -0.1) is 0 Å². The van der Waals surface area contributed by atoms with Crippen LogP contribution < -0.4 is 5.73 Å². The average Bonchev–Trinajstić information content (AvgIpc) is 2.35. The minimum Gasteiger partial charge on any atom is -0.327 e.